The number of primary sulfonamides is 1. The number of nitrogens with one attached hydrogen (secondary N) is 2. The molecule has 0 unspecified atom stereocenters. The lowest BCUT2D eigenvalue weighted by molar-refractivity contribution is -0.119. The van der Waals surface area contributed by atoms with Gasteiger partial charge in [-0.25, -0.2) is 18.4 Å². The lowest BCUT2D eigenvalue weighted by atomic mass is 10.3. The molecule has 0 aliphatic heterocycles. The maximum absolute atomic E-state index is 11.4. The molecule has 0 spiro atoms. The van der Waals surface area contributed by atoms with Crippen LogP contribution in [0.2, 0.25) is 0 Å². The van der Waals surface area contributed by atoms with Crippen molar-refractivity contribution in [3.8, 4) is 0 Å². The molecule has 0 bridgehead atoms. The van der Waals surface area contributed by atoms with Crippen molar-refractivity contribution in [2.75, 3.05) is 11.2 Å². The Hall–Kier alpha value is -1.64. The summed E-state index contributed by atoms with van der Waals surface area (Å²) in [4.78, 5) is 22.4. The summed E-state index contributed by atoms with van der Waals surface area (Å²) in [7, 11) is -3.77. The molecule has 104 valence electrons. The lowest BCUT2D eigenvalue weighted by Gasteiger charge is -2.06. The minimum atomic E-state index is -3.77. The van der Waals surface area contributed by atoms with Gasteiger partial charge in [-0.1, -0.05) is 0 Å². The van der Waals surface area contributed by atoms with E-state index in [-0.39, 0.29) is 17.2 Å². The molecule has 0 saturated carbocycles. The Morgan fingerprint density at radius 2 is 1.79 bits per heavy atom. The number of anilines is 1. The average Bonchev–Trinajstić information content (AvgIpc) is 2.28. The first-order valence-corrected chi connectivity index (χ1v) is 7.20. The Balaban J connectivity index is 2.63. The van der Waals surface area contributed by atoms with Crippen LogP contribution < -0.4 is 15.8 Å². The molecule has 1 aromatic rings. The Kier molecular flexibility index (Phi) is 5.28. The summed E-state index contributed by atoms with van der Waals surface area (Å²) >= 11 is 5.34. The number of hydrogen-bond donors (Lipinski definition) is 3. The summed E-state index contributed by atoms with van der Waals surface area (Å²) in [6.07, 6.45) is 0.0271. The summed E-state index contributed by atoms with van der Waals surface area (Å²) < 4.78 is 22.0. The number of halogens is 1. The van der Waals surface area contributed by atoms with Crippen molar-refractivity contribution in [2.45, 2.75) is 11.3 Å². The SMILES string of the molecule is NS(=O)(=O)c1ccc(NC(=O)NC(=O)CCCl)cc1. The number of amides is 3. The second kappa shape index (κ2) is 6.50. The number of carbonyl (C=O) groups excluding carboxylic acids is 2. The van der Waals surface area contributed by atoms with Crippen LogP contribution in [0.3, 0.4) is 0 Å². The maximum atomic E-state index is 11.4. The number of hydrogen-bond acceptors (Lipinski definition) is 4. The molecule has 1 aromatic carbocycles. The Morgan fingerprint density at radius 1 is 1.21 bits per heavy atom. The fourth-order valence-corrected chi connectivity index (χ4v) is 1.85. The lowest BCUT2D eigenvalue weighted by Crippen LogP contribution is -2.34. The van der Waals surface area contributed by atoms with Crippen molar-refractivity contribution < 1.29 is 18.0 Å². The second-order valence-electron chi connectivity index (χ2n) is 3.51. The van der Waals surface area contributed by atoms with Gasteiger partial charge in [-0.05, 0) is 24.3 Å². The van der Waals surface area contributed by atoms with Crippen LogP contribution in [0, 0.1) is 0 Å². The van der Waals surface area contributed by atoms with Crippen LogP contribution in [0.4, 0.5) is 10.5 Å². The Labute approximate surface area is 115 Å². The maximum Gasteiger partial charge on any atom is 0.325 e. The van der Waals surface area contributed by atoms with E-state index in [0.717, 1.165) is 0 Å². The van der Waals surface area contributed by atoms with Gasteiger partial charge in [0.15, 0.2) is 0 Å². The van der Waals surface area contributed by atoms with E-state index in [4.69, 9.17) is 16.7 Å². The van der Waals surface area contributed by atoms with E-state index in [9.17, 15) is 18.0 Å². The molecule has 1 rings (SSSR count). The summed E-state index contributed by atoms with van der Waals surface area (Å²) in [5.41, 5.74) is 0.323. The van der Waals surface area contributed by atoms with Crippen LogP contribution in [-0.4, -0.2) is 26.2 Å². The van der Waals surface area contributed by atoms with Gasteiger partial charge in [0.1, 0.15) is 0 Å². The molecule has 0 aromatic heterocycles. The normalized spacial score (nSPS) is 10.8. The Bertz CT molecular complexity index is 571. The summed E-state index contributed by atoms with van der Waals surface area (Å²) in [5.74, 6) is -0.393. The van der Waals surface area contributed by atoms with Crippen LogP contribution in [0.25, 0.3) is 0 Å². The number of nitrogens with two attached hydrogens (primary N) is 1. The number of urea groups is 1. The predicted octanol–water partition coefficient (Wildman–Crippen LogP) is 0.611. The van der Waals surface area contributed by atoms with E-state index < -0.39 is 22.0 Å². The van der Waals surface area contributed by atoms with Gasteiger partial charge in [-0.15, -0.1) is 11.6 Å². The largest absolute Gasteiger partial charge is 0.325 e. The topological polar surface area (TPSA) is 118 Å². The quantitative estimate of drug-likeness (QED) is 0.706. The van der Waals surface area contributed by atoms with Crippen molar-refractivity contribution >= 4 is 39.2 Å². The van der Waals surface area contributed by atoms with Crippen LogP contribution >= 0.6 is 11.6 Å². The van der Waals surface area contributed by atoms with Crippen molar-refractivity contribution in [3.63, 3.8) is 0 Å². The van der Waals surface area contributed by atoms with E-state index in [2.05, 4.69) is 10.6 Å². The van der Waals surface area contributed by atoms with Crippen molar-refractivity contribution in [1.82, 2.24) is 5.32 Å². The molecule has 0 fully saturated rings. The third-order valence-corrected chi connectivity index (χ3v) is 3.13. The van der Waals surface area contributed by atoms with E-state index in [1.807, 2.05) is 0 Å². The Morgan fingerprint density at radius 3 is 2.26 bits per heavy atom. The molecule has 9 heteroatoms. The van der Waals surface area contributed by atoms with Gasteiger partial charge in [0.05, 0.1) is 4.90 Å². The molecule has 19 heavy (non-hydrogen) atoms. The zero-order valence-electron chi connectivity index (χ0n) is 9.72. The zero-order chi connectivity index (χ0) is 14.5. The number of imide groups is 1. The van der Waals surface area contributed by atoms with Crippen LogP contribution in [0.15, 0.2) is 29.2 Å². The van der Waals surface area contributed by atoms with Gasteiger partial charge in [-0.3, -0.25) is 10.1 Å². The van der Waals surface area contributed by atoms with Crippen LogP contribution in [-0.2, 0) is 14.8 Å². The molecule has 0 radical (unpaired) electrons. The molecule has 0 aliphatic carbocycles. The fourth-order valence-electron chi connectivity index (χ4n) is 1.17. The van der Waals surface area contributed by atoms with Gasteiger partial charge >= 0.3 is 6.03 Å². The number of carbonyl (C=O) groups is 2. The van der Waals surface area contributed by atoms with Crippen LogP contribution in [0.1, 0.15) is 6.42 Å². The number of sulfonamides is 1. The van der Waals surface area contributed by atoms with Crippen molar-refractivity contribution in [2.24, 2.45) is 5.14 Å². The van der Waals surface area contributed by atoms with Gasteiger partial charge in [0, 0.05) is 18.0 Å². The first-order valence-electron chi connectivity index (χ1n) is 5.12. The zero-order valence-corrected chi connectivity index (χ0v) is 11.3. The molecule has 7 nitrogen and oxygen atoms in total. The van der Waals surface area contributed by atoms with E-state index in [1.165, 1.54) is 24.3 Å². The third-order valence-electron chi connectivity index (χ3n) is 2.02. The smallest absolute Gasteiger partial charge is 0.308 e. The molecule has 0 saturated heterocycles. The number of rotatable bonds is 4. The van der Waals surface area contributed by atoms with Crippen molar-refractivity contribution in [1.29, 1.82) is 0 Å². The minimum Gasteiger partial charge on any atom is -0.308 e. The molecule has 4 N–H and O–H groups in total. The molecular formula is C10H12ClN3O4S. The molecule has 0 atom stereocenters. The van der Waals surface area contributed by atoms with E-state index in [1.54, 1.807) is 0 Å². The summed E-state index contributed by atoms with van der Waals surface area (Å²) in [6.45, 7) is 0. The van der Waals surface area contributed by atoms with Gasteiger partial charge in [0.25, 0.3) is 0 Å². The van der Waals surface area contributed by atoms with Crippen LogP contribution in [0.5, 0.6) is 0 Å². The highest BCUT2D eigenvalue weighted by Gasteiger charge is 2.09. The molecule has 0 heterocycles. The predicted molar refractivity (Wildman–Crippen MR) is 70.3 cm³/mol. The van der Waals surface area contributed by atoms with Gasteiger partial charge in [-0.2, -0.15) is 0 Å². The summed E-state index contributed by atoms with van der Waals surface area (Å²) in [5, 5.41) is 9.34. The third kappa shape index (κ3) is 5.25. The van der Waals surface area contributed by atoms with Gasteiger partial charge < -0.3 is 5.32 Å². The number of alkyl halides is 1. The molecular weight excluding hydrogens is 294 g/mol. The van der Waals surface area contributed by atoms with Crippen molar-refractivity contribution in [3.05, 3.63) is 24.3 Å². The standard InChI is InChI=1S/C10H12ClN3O4S/c11-6-5-9(15)14-10(16)13-7-1-3-8(4-2-7)19(12,17)18/h1-4H,5-6H2,(H2,12,17,18)(H2,13,14,15,16). The first-order chi connectivity index (χ1) is 8.82. The number of benzene rings is 1. The average molecular weight is 306 g/mol. The minimum absolute atomic E-state index is 0.0271. The highest BCUT2D eigenvalue weighted by atomic mass is 35.5. The highest BCUT2D eigenvalue weighted by molar-refractivity contribution is 7.89. The van der Waals surface area contributed by atoms with E-state index in [0.29, 0.717) is 5.69 Å². The second-order valence-corrected chi connectivity index (χ2v) is 5.45. The molecule has 3 amide bonds. The van der Waals surface area contributed by atoms with Gasteiger partial charge in [0.2, 0.25) is 15.9 Å². The molecule has 0 aliphatic rings. The fraction of sp³-hybridized carbons (Fsp3) is 0.200. The first kappa shape index (κ1) is 15.4. The monoisotopic (exact) mass is 305 g/mol. The summed E-state index contributed by atoms with van der Waals surface area (Å²) in [6, 6.07) is 4.46. The highest BCUT2D eigenvalue weighted by Crippen LogP contribution is 2.12. The van der Waals surface area contributed by atoms with E-state index >= 15 is 0 Å².